The Balaban J connectivity index is 3.08. The first-order valence-electron chi connectivity index (χ1n) is 5.05. The quantitative estimate of drug-likeness (QED) is 0.810. The zero-order chi connectivity index (χ0) is 11.5. The van der Waals surface area contributed by atoms with Gasteiger partial charge in [-0.3, -0.25) is 0 Å². The molecular formula is C10H18N4O. The van der Waals surface area contributed by atoms with E-state index in [-0.39, 0.29) is 5.95 Å². The normalized spacial score (nSPS) is 11.7. The molecule has 0 saturated heterocycles. The van der Waals surface area contributed by atoms with Gasteiger partial charge in [-0.1, -0.05) is 6.92 Å². The van der Waals surface area contributed by atoms with E-state index in [9.17, 15) is 0 Å². The SMILES string of the molecule is CCCc1nc(N)nc(C(C)(C)OC)n1. The molecule has 15 heavy (non-hydrogen) atoms. The van der Waals surface area contributed by atoms with Crippen LogP contribution in [0, 0.1) is 0 Å². The fourth-order valence-electron chi connectivity index (χ4n) is 1.13. The number of methoxy groups -OCH3 is 1. The number of nitrogens with zero attached hydrogens (tertiary/aromatic N) is 3. The van der Waals surface area contributed by atoms with Crippen LogP contribution in [-0.2, 0) is 16.8 Å². The van der Waals surface area contributed by atoms with Crippen molar-refractivity contribution in [3.05, 3.63) is 11.6 Å². The van der Waals surface area contributed by atoms with Crippen molar-refractivity contribution in [2.24, 2.45) is 0 Å². The minimum atomic E-state index is -0.528. The van der Waals surface area contributed by atoms with Gasteiger partial charge in [0.05, 0.1) is 0 Å². The van der Waals surface area contributed by atoms with Gasteiger partial charge in [0.25, 0.3) is 0 Å². The average Bonchev–Trinajstić information content (AvgIpc) is 2.17. The first-order chi connectivity index (χ1) is 6.99. The van der Waals surface area contributed by atoms with E-state index in [0.717, 1.165) is 18.7 Å². The molecule has 0 aromatic carbocycles. The fourth-order valence-corrected chi connectivity index (χ4v) is 1.13. The Morgan fingerprint density at radius 1 is 1.27 bits per heavy atom. The van der Waals surface area contributed by atoms with Crippen LogP contribution >= 0.6 is 0 Å². The van der Waals surface area contributed by atoms with Crippen LogP contribution in [0.5, 0.6) is 0 Å². The molecule has 0 bridgehead atoms. The Hall–Kier alpha value is -1.23. The third kappa shape index (κ3) is 2.86. The maximum Gasteiger partial charge on any atom is 0.223 e. The summed E-state index contributed by atoms with van der Waals surface area (Å²) in [7, 11) is 1.62. The highest BCUT2D eigenvalue weighted by atomic mass is 16.5. The monoisotopic (exact) mass is 210 g/mol. The van der Waals surface area contributed by atoms with Crippen LogP contribution in [0.2, 0.25) is 0 Å². The van der Waals surface area contributed by atoms with Gasteiger partial charge in [0.1, 0.15) is 11.4 Å². The lowest BCUT2D eigenvalue weighted by Gasteiger charge is -2.21. The largest absolute Gasteiger partial charge is 0.371 e. The molecule has 0 atom stereocenters. The topological polar surface area (TPSA) is 73.9 Å². The van der Waals surface area contributed by atoms with Gasteiger partial charge in [0, 0.05) is 13.5 Å². The first kappa shape index (κ1) is 11.8. The van der Waals surface area contributed by atoms with Gasteiger partial charge in [-0.25, -0.2) is 4.98 Å². The second-order valence-corrected chi connectivity index (χ2v) is 3.90. The molecule has 0 saturated carbocycles. The molecule has 5 heteroatoms. The first-order valence-corrected chi connectivity index (χ1v) is 5.05. The fraction of sp³-hybridized carbons (Fsp3) is 0.700. The molecule has 0 radical (unpaired) electrons. The molecule has 0 amide bonds. The molecule has 0 aliphatic carbocycles. The highest BCUT2D eigenvalue weighted by molar-refractivity contribution is 5.18. The maximum absolute atomic E-state index is 5.62. The van der Waals surface area contributed by atoms with Crippen LogP contribution in [0.15, 0.2) is 0 Å². The van der Waals surface area contributed by atoms with E-state index in [4.69, 9.17) is 10.5 Å². The molecule has 5 nitrogen and oxygen atoms in total. The van der Waals surface area contributed by atoms with Crippen LogP contribution in [-0.4, -0.2) is 22.1 Å². The number of ether oxygens (including phenoxy) is 1. The summed E-state index contributed by atoms with van der Waals surface area (Å²) in [5.41, 5.74) is 5.10. The second-order valence-electron chi connectivity index (χ2n) is 3.90. The van der Waals surface area contributed by atoms with Crippen molar-refractivity contribution in [2.45, 2.75) is 39.2 Å². The van der Waals surface area contributed by atoms with E-state index in [1.807, 2.05) is 13.8 Å². The summed E-state index contributed by atoms with van der Waals surface area (Å²) in [6.45, 7) is 5.87. The standard InChI is InChI=1S/C10H18N4O/c1-5-6-7-12-8(10(2,3)15-4)14-9(11)13-7/h5-6H2,1-4H3,(H2,11,12,13,14). The molecule has 0 aliphatic heterocycles. The summed E-state index contributed by atoms with van der Waals surface area (Å²) in [5.74, 6) is 1.57. The van der Waals surface area contributed by atoms with E-state index in [1.165, 1.54) is 0 Å². The van der Waals surface area contributed by atoms with Crippen LogP contribution in [0.4, 0.5) is 5.95 Å². The highest BCUT2D eigenvalue weighted by Gasteiger charge is 2.24. The molecule has 1 aromatic rings. The second kappa shape index (κ2) is 4.53. The number of rotatable bonds is 4. The number of hydrogen-bond donors (Lipinski definition) is 1. The van der Waals surface area contributed by atoms with Crippen molar-refractivity contribution < 1.29 is 4.74 Å². The number of nitrogen functional groups attached to an aromatic ring is 1. The number of aryl methyl sites for hydroxylation is 1. The van der Waals surface area contributed by atoms with E-state index >= 15 is 0 Å². The van der Waals surface area contributed by atoms with Gasteiger partial charge >= 0.3 is 0 Å². The van der Waals surface area contributed by atoms with Crippen molar-refractivity contribution in [1.82, 2.24) is 15.0 Å². The molecule has 0 fully saturated rings. The lowest BCUT2D eigenvalue weighted by molar-refractivity contribution is 0.0112. The minimum Gasteiger partial charge on any atom is -0.371 e. The van der Waals surface area contributed by atoms with Gasteiger partial charge in [-0.15, -0.1) is 0 Å². The molecule has 0 spiro atoms. The summed E-state index contributed by atoms with van der Waals surface area (Å²) in [6, 6.07) is 0. The van der Waals surface area contributed by atoms with Crippen LogP contribution in [0.1, 0.15) is 38.8 Å². The number of hydrogen-bond acceptors (Lipinski definition) is 5. The van der Waals surface area contributed by atoms with Gasteiger partial charge in [-0.05, 0) is 20.3 Å². The van der Waals surface area contributed by atoms with Crippen molar-refractivity contribution in [3.63, 3.8) is 0 Å². The molecule has 84 valence electrons. The van der Waals surface area contributed by atoms with E-state index in [1.54, 1.807) is 7.11 Å². The van der Waals surface area contributed by atoms with Gasteiger partial charge in [-0.2, -0.15) is 9.97 Å². The smallest absolute Gasteiger partial charge is 0.223 e. The Morgan fingerprint density at radius 2 is 1.93 bits per heavy atom. The third-order valence-electron chi connectivity index (χ3n) is 2.22. The third-order valence-corrected chi connectivity index (χ3v) is 2.22. The summed E-state index contributed by atoms with van der Waals surface area (Å²) >= 11 is 0. The van der Waals surface area contributed by atoms with Gasteiger partial charge < -0.3 is 10.5 Å². The Labute approximate surface area is 90.1 Å². The highest BCUT2D eigenvalue weighted by Crippen LogP contribution is 2.20. The number of anilines is 1. The lowest BCUT2D eigenvalue weighted by atomic mass is 10.1. The summed E-state index contributed by atoms with van der Waals surface area (Å²) in [4.78, 5) is 12.5. The van der Waals surface area contributed by atoms with E-state index in [0.29, 0.717) is 5.82 Å². The van der Waals surface area contributed by atoms with Crippen molar-refractivity contribution in [2.75, 3.05) is 12.8 Å². The summed E-state index contributed by atoms with van der Waals surface area (Å²) < 4.78 is 5.30. The van der Waals surface area contributed by atoms with Gasteiger partial charge in [0.15, 0.2) is 5.82 Å². The molecule has 1 rings (SSSR count). The predicted molar refractivity (Wildman–Crippen MR) is 58.3 cm³/mol. The zero-order valence-electron chi connectivity index (χ0n) is 9.74. The summed E-state index contributed by atoms with van der Waals surface area (Å²) in [6.07, 6.45) is 1.79. The molecular weight excluding hydrogens is 192 g/mol. The summed E-state index contributed by atoms with van der Waals surface area (Å²) in [5, 5.41) is 0. The van der Waals surface area contributed by atoms with Crippen molar-refractivity contribution >= 4 is 5.95 Å². The molecule has 1 aromatic heterocycles. The Bertz CT molecular complexity index is 338. The Morgan fingerprint density at radius 3 is 2.47 bits per heavy atom. The molecule has 1 heterocycles. The molecule has 2 N–H and O–H groups in total. The molecule has 0 unspecified atom stereocenters. The molecule has 0 aliphatic rings. The average molecular weight is 210 g/mol. The number of aromatic nitrogens is 3. The van der Waals surface area contributed by atoms with Crippen molar-refractivity contribution in [3.8, 4) is 0 Å². The number of nitrogens with two attached hydrogens (primary N) is 1. The maximum atomic E-state index is 5.62. The minimum absolute atomic E-state index is 0.258. The predicted octanol–water partition coefficient (Wildman–Crippen LogP) is 1.29. The van der Waals surface area contributed by atoms with E-state index < -0.39 is 5.60 Å². The van der Waals surface area contributed by atoms with Crippen molar-refractivity contribution in [1.29, 1.82) is 0 Å². The lowest BCUT2D eigenvalue weighted by Crippen LogP contribution is -2.25. The van der Waals surface area contributed by atoms with Crippen LogP contribution in [0.25, 0.3) is 0 Å². The van der Waals surface area contributed by atoms with Gasteiger partial charge in [0.2, 0.25) is 5.95 Å². The van der Waals surface area contributed by atoms with E-state index in [2.05, 4.69) is 21.9 Å². The van der Waals surface area contributed by atoms with Crippen LogP contribution < -0.4 is 5.73 Å². The zero-order valence-corrected chi connectivity index (χ0v) is 9.74. The van der Waals surface area contributed by atoms with Crippen LogP contribution in [0.3, 0.4) is 0 Å². The Kier molecular flexibility index (Phi) is 3.57.